The Bertz CT molecular complexity index is 290. The first kappa shape index (κ1) is 8.90. The van der Waals surface area contributed by atoms with E-state index in [2.05, 4.69) is 10.1 Å². The molecule has 0 spiro atoms. The summed E-state index contributed by atoms with van der Waals surface area (Å²) in [5.41, 5.74) is 0. The fraction of sp³-hybridized carbons (Fsp3) is 0.625. The van der Waals surface area contributed by atoms with Crippen LogP contribution in [0.5, 0.6) is 0 Å². The Balaban J connectivity index is 2.82. The monoisotopic (exact) mass is 167 g/mol. The minimum absolute atomic E-state index is 0.100. The summed E-state index contributed by atoms with van der Waals surface area (Å²) < 4.78 is 1.72. The Labute approximate surface area is 71.6 Å². The van der Waals surface area contributed by atoms with E-state index in [-0.39, 0.29) is 5.78 Å². The highest BCUT2D eigenvalue weighted by molar-refractivity contribution is 5.77. The van der Waals surface area contributed by atoms with E-state index >= 15 is 0 Å². The van der Waals surface area contributed by atoms with E-state index in [4.69, 9.17) is 0 Å². The molecule has 12 heavy (non-hydrogen) atoms. The van der Waals surface area contributed by atoms with Crippen LogP contribution in [-0.4, -0.2) is 20.5 Å². The number of Topliss-reactive ketones (excluding diaryl/α,β-unsaturated/α-hetero) is 1. The Kier molecular flexibility index (Phi) is 2.58. The number of ketones is 1. The van der Waals surface area contributed by atoms with E-state index in [9.17, 15) is 4.79 Å². The average Bonchev–Trinajstić information content (AvgIpc) is 2.29. The molecule has 0 aliphatic carbocycles. The van der Waals surface area contributed by atoms with Gasteiger partial charge in [-0.3, -0.25) is 9.48 Å². The van der Waals surface area contributed by atoms with Crippen molar-refractivity contribution in [2.45, 2.75) is 26.7 Å². The number of nitrogens with zero attached hydrogens (tertiary/aromatic N) is 3. The predicted octanol–water partition coefficient (Wildman–Crippen LogP) is 0.509. The maximum atomic E-state index is 10.7. The van der Waals surface area contributed by atoms with Crippen molar-refractivity contribution in [3.8, 4) is 0 Å². The summed E-state index contributed by atoms with van der Waals surface area (Å²) in [5, 5.41) is 4.11. The lowest BCUT2D eigenvalue weighted by atomic mass is 10.3. The van der Waals surface area contributed by atoms with Gasteiger partial charge in [0.2, 0.25) is 0 Å². The highest BCUT2D eigenvalue weighted by Crippen LogP contribution is 1.98. The third-order valence-corrected chi connectivity index (χ3v) is 1.62. The predicted molar refractivity (Wildman–Crippen MR) is 44.8 cm³/mol. The molecule has 0 bridgehead atoms. The Morgan fingerprint density at radius 3 is 2.67 bits per heavy atom. The van der Waals surface area contributed by atoms with Gasteiger partial charge in [0.15, 0.2) is 5.82 Å². The van der Waals surface area contributed by atoms with Crippen LogP contribution in [0.2, 0.25) is 0 Å². The normalized spacial score (nSPS) is 10.2. The zero-order valence-electron chi connectivity index (χ0n) is 7.66. The van der Waals surface area contributed by atoms with E-state index < -0.39 is 0 Å². The quantitative estimate of drug-likeness (QED) is 0.659. The number of carbonyl (C=O) groups excluding carboxylic acids is 1. The SMILES string of the molecule is CCc1nc(CC(C)=O)nn1C. The number of aromatic nitrogens is 3. The molecule has 4 nitrogen and oxygen atoms in total. The minimum Gasteiger partial charge on any atom is -0.300 e. The summed E-state index contributed by atoms with van der Waals surface area (Å²) in [7, 11) is 1.84. The fourth-order valence-corrected chi connectivity index (χ4v) is 1.08. The number of rotatable bonds is 3. The lowest BCUT2D eigenvalue weighted by Crippen LogP contribution is -1.99. The maximum Gasteiger partial charge on any atom is 0.158 e. The van der Waals surface area contributed by atoms with Crippen molar-refractivity contribution in [3.63, 3.8) is 0 Å². The zero-order valence-corrected chi connectivity index (χ0v) is 7.66. The van der Waals surface area contributed by atoms with Gasteiger partial charge in [-0.1, -0.05) is 6.92 Å². The Morgan fingerprint density at radius 1 is 1.58 bits per heavy atom. The lowest BCUT2D eigenvalue weighted by Gasteiger charge is -1.90. The molecule has 1 heterocycles. The van der Waals surface area contributed by atoms with Gasteiger partial charge in [-0.05, 0) is 6.92 Å². The molecule has 0 saturated carbocycles. The van der Waals surface area contributed by atoms with Gasteiger partial charge >= 0.3 is 0 Å². The van der Waals surface area contributed by atoms with Gasteiger partial charge in [0.1, 0.15) is 11.6 Å². The van der Waals surface area contributed by atoms with Crippen molar-refractivity contribution in [1.29, 1.82) is 0 Å². The molecule has 0 N–H and O–H groups in total. The van der Waals surface area contributed by atoms with Crippen LogP contribution in [0.1, 0.15) is 25.5 Å². The van der Waals surface area contributed by atoms with Crippen LogP contribution in [0.25, 0.3) is 0 Å². The van der Waals surface area contributed by atoms with Gasteiger partial charge in [0.05, 0.1) is 6.42 Å². The van der Waals surface area contributed by atoms with Gasteiger partial charge in [0.25, 0.3) is 0 Å². The molecule has 0 saturated heterocycles. The summed E-state index contributed by atoms with van der Waals surface area (Å²) in [4.78, 5) is 14.9. The average molecular weight is 167 g/mol. The highest BCUT2D eigenvalue weighted by Gasteiger charge is 2.06. The molecule has 0 aromatic carbocycles. The van der Waals surface area contributed by atoms with E-state index in [1.807, 2.05) is 14.0 Å². The largest absolute Gasteiger partial charge is 0.300 e. The van der Waals surface area contributed by atoms with Crippen LogP contribution in [0.15, 0.2) is 0 Å². The topological polar surface area (TPSA) is 47.8 Å². The molecule has 0 aliphatic heterocycles. The van der Waals surface area contributed by atoms with Crippen molar-refractivity contribution < 1.29 is 4.79 Å². The van der Waals surface area contributed by atoms with Gasteiger partial charge in [-0.2, -0.15) is 5.10 Å². The first-order chi connectivity index (χ1) is 5.63. The maximum absolute atomic E-state index is 10.7. The summed E-state index contributed by atoms with van der Waals surface area (Å²) >= 11 is 0. The summed E-state index contributed by atoms with van der Waals surface area (Å²) in [6.45, 7) is 3.56. The van der Waals surface area contributed by atoms with Crippen LogP contribution in [0, 0.1) is 0 Å². The van der Waals surface area contributed by atoms with Crippen molar-refractivity contribution >= 4 is 5.78 Å². The van der Waals surface area contributed by atoms with Crippen LogP contribution in [0.4, 0.5) is 0 Å². The number of aryl methyl sites for hydroxylation is 2. The summed E-state index contributed by atoms with van der Waals surface area (Å²) in [6, 6.07) is 0. The zero-order chi connectivity index (χ0) is 9.14. The first-order valence-corrected chi connectivity index (χ1v) is 4.01. The minimum atomic E-state index is 0.100. The summed E-state index contributed by atoms with van der Waals surface area (Å²) in [6.07, 6.45) is 1.19. The van der Waals surface area contributed by atoms with Gasteiger partial charge in [0, 0.05) is 13.5 Å². The van der Waals surface area contributed by atoms with Crippen LogP contribution in [0.3, 0.4) is 0 Å². The molecule has 1 rings (SSSR count). The molecule has 66 valence electrons. The highest BCUT2D eigenvalue weighted by atomic mass is 16.1. The second kappa shape index (κ2) is 3.47. The lowest BCUT2D eigenvalue weighted by molar-refractivity contribution is -0.116. The van der Waals surface area contributed by atoms with E-state index in [1.54, 1.807) is 11.6 Å². The third-order valence-electron chi connectivity index (χ3n) is 1.62. The van der Waals surface area contributed by atoms with E-state index in [0.29, 0.717) is 12.2 Å². The van der Waals surface area contributed by atoms with Crippen LogP contribution in [-0.2, 0) is 24.7 Å². The number of carbonyl (C=O) groups is 1. The molecule has 0 amide bonds. The second-order valence-corrected chi connectivity index (χ2v) is 2.80. The molecule has 0 unspecified atom stereocenters. The van der Waals surface area contributed by atoms with Crippen molar-refractivity contribution in [3.05, 3.63) is 11.6 Å². The number of hydrogen-bond acceptors (Lipinski definition) is 3. The molecular formula is C8H13N3O. The van der Waals surface area contributed by atoms with Gasteiger partial charge < -0.3 is 0 Å². The summed E-state index contributed by atoms with van der Waals surface area (Å²) in [5.74, 6) is 1.65. The third kappa shape index (κ3) is 1.90. The standard InChI is InChI=1S/C8H13N3O/c1-4-8-9-7(5-6(2)12)10-11(8)3/h4-5H2,1-3H3. The second-order valence-electron chi connectivity index (χ2n) is 2.80. The van der Waals surface area contributed by atoms with Crippen molar-refractivity contribution in [1.82, 2.24) is 14.8 Å². The molecule has 0 radical (unpaired) electrons. The first-order valence-electron chi connectivity index (χ1n) is 4.01. The number of hydrogen-bond donors (Lipinski definition) is 0. The van der Waals surface area contributed by atoms with Gasteiger partial charge in [-0.25, -0.2) is 4.98 Å². The fourth-order valence-electron chi connectivity index (χ4n) is 1.08. The smallest absolute Gasteiger partial charge is 0.158 e. The van der Waals surface area contributed by atoms with Crippen LogP contribution >= 0.6 is 0 Å². The van der Waals surface area contributed by atoms with Crippen LogP contribution < -0.4 is 0 Å². The van der Waals surface area contributed by atoms with Crippen molar-refractivity contribution in [2.24, 2.45) is 7.05 Å². The Hall–Kier alpha value is -1.19. The molecule has 4 heteroatoms. The molecule has 1 aromatic heterocycles. The molecule has 1 aromatic rings. The Morgan fingerprint density at radius 2 is 2.25 bits per heavy atom. The molecular weight excluding hydrogens is 154 g/mol. The van der Waals surface area contributed by atoms with Gasteiger partial charge in [-0.15, -0.1) is 0 Å². The molecule has 0 atom stereocenters. The van der Waals surface area contributed by atoms with E-state index in [1.165, 1.54) is 0 Å². The molecule has 0 fully saturated rings. The van der Waals surface area contributed by atoms with Crippen molar-refractivity contribution in [2.75, 3.05) is 0 Å². The van der Waals surface area contributed by atoms with E-state index in [0.717, 1.165) is 12.2 Å². The molecule has 0 aliphatic rings.